The van der Waals surface area contributed by atoms with E-state index in [1.54, 1.807) is 0 Å². The third-order valence-corrected chi connectivity index (χ3v) is 3.53. The summed E-state index contributed by atoms with van der Waals surface area (Å²) in [6.45, 7) is 10.3. The summed E-state index contributed by atoms with van der Waals surface area (Å²) < 4.78 is 0. The van der Waals surface area contributed by atoms with Gasteiger partial charge in [-0.3, -0.25) is 4.90 Å². The lowest BCUT2D eigenvalue weighted by Crippen LogP contribution is -2.44. The number of nitrogens with two attached hydrogens (primary N) is 1. The van der Waals surface area contributed by atoms with E-state index in [0.717, 1.165) is 12.5 Å². The molecule has 0 radical (unpaired) electrons. The summed E-state index contributed by atoms with van der Waals surface area (Å²) in [5.74, 6) is 1.60. The SMILES string of the molecule is CC1CCCN(C(CN)C(C)C)CC1. The van der Waals surface area contributed by atoms with Gasteiger partial charge in [-0.2, -0.15) is 0 Å². The van der Waals surface area contributed by atoms with Crippen LogP contribution in [0.15, 0.2) is 0 Å². The minimum atomic E-state index is 0.597. The van der Waals surface area contributed by atoms with Gasteiger partial charge in [0.1, 0.15) is 0 Å². The zero-order valence-corrected chi connectivity index (χ0v) is 10.00. The number of likely N-dealkylation sites (tertiary alicyclic amines) is 1. The molecular formula is C12H26N2. The third-order valence-electron chi connectivity index (χ3n) is 3.53. The molecule has 0 saturated carbocycles. The van der Waals surface area contributed by atoms with Gasteiger partial charge in [0, 0.05) is 12.6 Å². The van der Waals surface area contributed by atoms with Gasteiger partial charge in [0.25, 0.3) is 0 Å². The molecule has 0 aromatic rings. The molecule has 1 rings (SSSR count). The Hall–Kier alpha value is -0.0800. The van der Waals surface area contributed by atoms with Crippen molar-refractivity contribution in [2.45, 2.75) is 46.1 Å². The smallest absolute Gasteiger partial charge is 0.0241 e. The molecular weight excluding hydrogens is 172 g/mol. The van der Waals surface area contributed by atoms with Crippen molar-refractivity contribution in [1.82, 2.24) is 4.90 Å². The topological polar surface area (TPSA) is 29.3 Å². The van der Waals surface area contributed by atoms with Gasteiger partial charge in [-0.1, -0.05) is 20.8 Å². The summed E-state index contributed by atoms with van der Waals surface area (Å²) in [4.78, 5) is 2.61. The molecule has 2 nitrogen and oxygen atoms in total. The Kier molecular flexibility index (Phi) is 4.90. The molecule has 2 heteroatoms. The molecule has 0 aromatic carbocycles. The van der Waals surface area contributed by atoms with Gasteiger partial charge in [-0.25, -0.2) is 0 Å². The summed E-state index contributed by atoms with van der Waals surface area (Å²) >= 11 is 0. The van der Waals surface area contributed by atoms with Gasteiger partial charge in [0.15, 0.2) is 0 Å². The van der Waals surface area contributed by atoms with Crippen molar-refractivity contribution in [1.29, 1.82) is 0 Å². The van der Waals surface area contributed by atoms with E-state index in [0.29, 0.717) is 12.0 Å². The van der Waals surface area contributed by atoms with Crippen LogP contribution in [-0.4, -0.2) is 30.6 Å². The first-order valence-corrected chi connectivity index (χ1v) is 6.09. The van der Waals surface area contributed by atoms with Crippen molar-refractivity contribution >= 4 is 0 Å². The largest absolute Gasteiger partial charge is 0.329 e. The number of rotatable bonds is 3. The molecule has 0 amide bonds. The monoisotopic (exact) mass is 198 g/mol. The molecule has 2 unspecified atom stereocenters. The Morgan fingerprint density at radius 1 is 1.29 bits per heavy atom. The minimum absolute atomic E-state index is 0.597. The molecule has 0 bridgehead atoms. The van der Waals surface area contributed by atoms with Crippen LogP contribution in [0, 0.1) is 11.8 Å². The lowest BCUT2D eigenvalue weighted by atomic mass is 10.0. The first-order valence-electron chi connectivity index (χ1n) is 6.09. The maximum Gasteiger partial charge on any atom is 0.0241 e. The lowest BCUT2D eigenvalue weighted by molar-refractivity contribution is 0.164. The van der Waals surface area contributed by atoms with E-state index in [1.807, 2.05) is 0 Å². The van der Waals surface area contributed by atoms with Crippen LogP contribution in [0.5, 0.6) is 0 Å². The van der Waals surface area contributed by atoms with Crippen LogP contribution in [0.4, 0.5) is 0 Å². The molecule has 14 heavy (non-hydrogen) atoms. The van der Waals surface area contributed by atoms with Crippen molar-refractivity contribution in [3.63, 3.8) is 0 Å². The van der Waals surface area contributed by atoms with Crippen LogP contribution in [0.1, 0.15) is 40.0 Å². The molecule has 1 aliphatic rings. The fourth-order valence-electron chi connectivity index (χ4n) is 2.46. The molecule has 1 aliphatic heterocycles. The van der Waals surface area contributed by atoms with E-state index in [4.69, 9.17) is 5.73 Å². The molecule has 2 N–H and O–H groups in total. The zero-order chi connectivity index (χ0) is 10.6. The van der Waals surface area contributed by atoms with Crippen LogP contribution in [0.25, 0.3) is 0 Å². The summed E-state index contributed by atoms with van der Waals surface area (Å²) in [7, 11) is 0. The molecule has 84 valence electrons. The highest BCUT2D eigenvalue weighted by molar-refractivity contribution is 4.78. The second-order valence-electron chi connectivity index (χ2n) is 5.12. The highest BCUT2D eigenvalue weighted by Gasteiger charge is 2.22. The molecule has 1 saturated heterocycles. The normalized spacial score (nSPS) is 27.6. The second-order valence-corrected chi connectivity index (χ2v) is 5.12. The maximum absolute atomic E-state index is 5.85. The number of nitrogens with zero attached hydrogens (tertiary/aromatic N) is 1. The quantitative estimate of drug-likeness (QED) is 0.752. The summed E-state index contributed by atoms with van der Waals surface area (Å²) in [6.07, 6.45) is 4.10. The van der Waals surface area contributed by atoms with Gasteiger partial charge < -0.3 is 5.73 Å². The first kappa shape index (κ1) is 12.0. The molecule has 1 fully saturated rings. The van der Waals surface area contributed by atoms with Crippen molar-refractivity contribution in [2.24, 2.45) is 17.6 Å². The van der Waals surface area contributed by atoms with Crippen LogP contribution in [0.2, 0.25) is 0 Å². The molecule has 1 heterocycles. The molecule has 0 aliphatic carbocycles. The molecule has 0 aromatic heterocycles. The van der Waals surface area contributed by atoms with Crippen LogP contribution >= 0.6 is 0 Å². The van der Waals surface area contributed by atoms with Gasteiger partial charge in [-0.15, -0.1) is 0 Å². The van der Waals surface area contributed by atoms with E-state index >= 15 is 0 Å². The van der Waals surface area contributed by atoms with Crippen LogP contribution < -0.4 is 5.73 Å². The van der Waals surface area contributed by atoms with Gasteiger partial charge in [0.05, 0.1) is 0 Å². The Morgan fingerprint density at radius 3 is 2.57 bits per heavy atom. The van der Waals surface area contributed by atoms with Crippen molar-refractivity contribution in [3.8, 4) is 0 Å². The fraction of sp³-hybridized carbons (Fsp3) is 1.00. The predicted molar refractivity (Wildman–Crippen MR) is 62.3 cm³/mol. The minimum Gasteiger partial charge on any atom is -0.329 e. The summed E-state index contributed by atoms with van der Waals surface area (Å²) in [5, 5.41) is 0. The van der Waals surface area contributed by atoms with Gasteiger partial charge >= 0.3 is 0 Å². The van der Waals surface area contributed by atoms with Crippen molar-refractivity contribution < 1.29 is 0 Å². The average Bonchev–Trinajstić information content (AvgIpc) is 2.32. The Labute approximate surface area is 88.8 Å². The van der Waals surface area contributed by atoms with E-state index < -0.39 is 0 Å². The zero-order valence-electron chi connectivity index (χ0n) is 10.00. The maximum atomic E-state index is 5.85. The van der Waals surface area contributed by atoms with E-state index in [1.165, 1.54) is 32.4 Å². The summed E-state index contributed by atoms with van der Waals surface area (Å²) in [5.41, 5.74) is 5.85. The van der Waals surface area contributed by atoms with Crippen LogP contribution in [-0.2, 0) is 0 Å². The van der Waals surface area contributed by atoms with E-state index in [2.05, 4.69) is 25.7 Å². The first-order chi connectivity index (χ1) is 6.65. The van der Waals surface area contributed by atoms with Crippen molar-refractivity contribution in [2.75, 3.05) is 19.6 Å². The summed E-state index contributed by atoms with van der Waals surface area (Å²) in [6, 6.07) is 0.597. The van der Waals surface area contributed by atoms with E-state index in [9.17, 15) is 0 Å². The number of hydrogen-bond acceptors (Lipinski definition) is 2. The Bertz CT molecular complexity index is 156. The second kappa shape index (κ2) is 5.72. The Balaban J connectivity index is 2.48. The highest BCUT2D eigenvalue weighted by atomic mass is 15.2. The van der Waals surface area contributed by atoms with E-state index in [-0.39, 0.29) is 0 Å². The highest BCUT2D eigenvalue weighted by Crippen LogP contribution is 2.20. The number of hydrogen-bond donors (Lipinski definition) is 1. The fourth-order valence-corrected chi connectivity index (χ4v) is 2.46. The predicted octanol–water partition coefficient (Wildman–Crippen LogP) is 2.09. The lowest BCUT2D eigenvalue weighted by Gasteiger charge is -2.32. The standard InChI is InChI=1S/C12H26N2/c1-10(2)12(9-13)14-7-4-5-11(3)6-8-14/h10-12H,4-9,13H2,1-3H3. The third kappa shape index (κ3) is 3.25. The van der Waals surface area contributed by atoms with Gasteiger partial charge in [-0.05, 0) is 44.2 Å². The Morgan fingerprint density at radius 2 is 2.00 bits per heavy atom. The molecule has 0 spiro atoms. The van der Waals surface area contributed by atoms with Gasteiger partial charge in [0.2, 0.25) is 0 Å². The van der Waals surface area contributed by atoms with Crippen molar-refractivity contribution in [3.05, 3.63) is 0 Å². The van der Waals surface area contributed by atoms with Crippen LogP contribution in [0.3, 0.4) is 0 Å². The molecule has 2 atom stereocenters. The average molecular weight is 198 g/mol.